The Kier molecular flexibility index (Phi) is 39.4. The van der Waals surface area contributed by atoms with Crippen LogP contribution in [0.5, 0.6) is 0 Å². The molecule has 7 heteroatoms. The number of Topliss-reactive ketones (excluding diaryl/α,β-unsaturated/α-hetero) is 1. The molecular weight excluding hydrogens is 592 g/mol. The van der Waals surface area contributed by atoms with Gasteiger partial charge in [0.15, 0.2) is 5.78 Å². The van der Waals surface area contributed by atoms with Crippen molar-refractivity contribution in [3.8, 4) is 0 Å². The third-order valence-electron chi connectivity index (χ3n) is 6.67. The van der Waals surface area contributed by atoms with E-state index in [1.54, 1.807) is 0 Å². The third-order valence-corrected chi connectivity index (χ3v) is 9.04. The molecule has 0 amide bonds. The smallest absolute Gasteiger partial charge is 0.358 e. The number of carbonyl (C=O) groups excluding carboxylic acids is 1. The van der Waals surface area contributed by atoms with Gasteiger partial charge >= 0.3 is 34.1 Å². The van der Waals surface area contributed by atoms with E-state index in [-0.39, 0.29) is 79.6 Å². The fraction of sp³-hybridized carbons (Fsp3) is 0.724. The van der Waals surface area contributed by atoms with E-state index in [9.17, 15) is 9.59 Å². The number of hydrogen-bond donors (Lipinski definition) is 0. The van der Waals surface area contributed by atoms with Crippen LogP contribution in [0.15, 0.2) is 10.2 Å². The minimum absolute atomic E-state index is 0. The fourth-order valence-corrected chi connectivity index (χ4v) is 6.95. The van der Waals surface area contributed by atoms with Gasteiger partial charge in [0.25, 0.3) is 4.06 Å². The van der Waals surface area contributed by atoms with E-state index >= 15 is 0 Å². The van der Waals surface area contributed by atoms with Gasteiger partial charge in [-0.25, -0.2) is 0 Å². The minimum atomic E-state index is 0. The molecule has 36 heavy (non-hydrogen) atoms. The van der Waals surface area contributed by atoms with E-state index in [2.05, 4.69) is 0 Å². The standard InChI is InChI=1S/C8H10OS2.C7H11ClO.2C5H10.4CH3.2Fe/c9-8-10-5-7(11-8)6-3-1-2-4-6;8-5-7(9)6-3-1-2-4-6;2*1-2-4-5-3-1;;;;;;/h5-6H,1-4H2;6H,1-5H2;2*1-5H2;4*1H3;;/q;;;;4*-1;2*+2. The molecule has 0 bridgehead atoms. The first-order valence-electron chi connectivity index (χ1n) is 12.4. The summed E-state index contributed by atoms with van der Waals surface area (Å²) in [5.74, 6) is 1.49. The Bertz CT molecular complexity index is 592. The predicted octanol–water partition coefficient (Wildman–Crippen LogP) is 10.5. The van der Waals surface area contributed by atoms with Crippen LogP contribution in [0.2, 0.25) is 0 Å². The Morgan fingerprint density at radius 1 is 0.694 bits per heavy atom. The first kappa shape index (κ1) is 46.7. The monoisotopic (exact) mass is 644 g/mol. The van der Waals surface area contributed by atoms with Crippen LogP contribution in [0.4, 0.5) is 0 Å². The molecule has 1 heterocycles. The van der Waals surface area contributed by atoms with Crippen molar-refractivity contribution in [2.75, 3.05) is 5.88 Å². The molecule has 4 aliphatic rings. The largest absolute Gasteiger partial charge is 2.00 e. The number of hydrogen-bond acceptors (Lipinski definition) is 4. The summed E-state index contributed by atoms with van der Waals surface area (Å²) in [5, 5.41) is 2.04. The van der Waals surface area contributed by atoms with Crippen molar-refractivity contribution in [1.29, 1.82) is 0 Å². The average Bonchev–Trinajstić information content (AvgIpc) is 3.62. The van der Waals surface area contributed by atoms with Crippen LogP contribution < -0.4 is 4.06 Å². The van der Waals surface area contributed by atoms with Crippen molar-refractivity contribution in [3.05, 3.63) is 48.8 Å². The van der Waals surface area contributed by atoms with Crippen molar-refractivity contribution < 1.29 is 38.9 Å². The maximum atomic E-state index is 10.9. The Labute approximate surface area is 259 Å². The number of halogens is 1. The van der Waals surface area contributed by atoms with Crippen LogP contribution in [0.25, 0.3) is 0 Å². The molecule has 1 aromatic rings. The number of ketones is 1. The van der Waals surface area contributed by atoms with Gasteiger partial charge in [0.2, 0.25) is 0 Å². The van der Waals surface area contributed by atoms with E-state index in [1.807, 2.05) is 5.38 Å². The summed E-state index contributed by atoms with van der Waals surface area (Å²) >= 11 is 8.18. The van der Waals surface area contributed by atoms with Gasteiger partial charge < -0.3 is 29.7 Å². The van der Waals surface area contributed by atoms with Gasteiger partial charge in [0.1, 0.15) is 0 Å². The Hall–Kier alpha value is 0.849. The summed E-state index contributed by atoms with van der Waals surface area (Å²) < 4.78 is 0.256. The Morgan fingerprint density at radius 3 is 1.36 bits per heavy atom. The molecule has 4 aliphatic carbocycles. The van der Waals surface area contributed by atoms with Crippen LogP contribution in [0.3, 0.4) is 0 Å². The maximum Gasteiger partial charge on any atom is 2.00 e. The first-order valence-corrected chi connectivity index (χ1v) is 14.6. The van der Waals surface area contributed by atoms with Crippen LogP contribution in [0.1, 0.15) is 126 Å². The Morgan fingerprint density at radius 2 is 1.06 bits per heavy atom. The number of carbonyl (C=O) groups is 1. The fourth-order valence-electron chi connectivity index (χ4n) is 4.77. The van der Waals surface area contributed by atoms with Crippen molar-refractivity contribution in [1.82, 2.24) is 0 Å². The molecule has 4 saturated carbocycles. The second-order valence-corrected chi connectivity index (χ2v) is 11.5. The molecule has 0 radical (unpaired) electrons. The van der Waals surface area contributed by atoms with Crippen LogP contribution in [0, 0.1) is 35.6 Å². The van der Waals surface area contributed by atoms with Gasteiger partial charge in [-0.15, -0.1) is 11.6 Å². The second kappa shape index (κ2) is 30.4. The summed E-state index contributed by atoms with van der Waals surface area (Å²) in [6.07, 6.45) is 24.9. The zero-order valence-electron chi connectivity index (χ0n) is 23.4. The molecule has 0 spiro atoms. The third kappa shape index (κ3) is 20.8. The minimum Gasteiger partial charge on any atom is -0.358 e. The second-order valence-electron chi connectivity index (χ2n) is 9.09. The normalized spacial score (nSPS) is 17.7. The molecule has 0 unspecified atom stereocenters. The van der Waals surface area contributed by atoms with Crippen molar-refractivity contribution in [2.24, 2.45) is 5.92 Å². The SMILES string of the molecule is C1CCCC1.C1CCCC1.O=C(CCl)C1CCCC1.O=c1scc(C2CCCC2)s1.[CH3-].[CH3-].[CH3-].[CH3-].[Fe+2].[Fe+2]. The summed E-state index contributed by atoms with van der Waals surface area (Å²) in [7, 11) is 0. The van der Waals surface area contributed by atoms with E-state index in [4.69, 9.17) is 11.6 Å². The predicted molar refractivity (Wildman–Crippen MR) is 159 cm³/mol. The molecular formula is C29H53ClFe2O2S2. The van der Waals surface area contributed by atoms with Gasteiger partial charge in [-0.05, 0) is 31.6 Å². The van der Waals surface area contributed by atoms with E-state index in [1.165, 1.54) is 130 Å². The van der Waals surface area contributed by atoms with Gasteiger partial charge in [0, 0.05) is 16.2 Å². The van der Waals surface area contributed by atoms with E-state index in [0.717, 1.165) is 18.8 Å². The number of alkyl halides is 1. The summed E-state index contributed by atoms with van der Waals surface area (Å²) in [5.41, 5.74) is 0. The molecule has 0 saturated heterocycles. The molecule has 2 nitrogen and oxygen atoms in total. The molecule has 0 aliphatic heterocycles. The topological polar surface area (TPSA) is 34.1 Å². The van der Waals surface area contributed by atoms with Crippen molar-refractivity contribution in [2.45, 2.75) is 121 Å². The molecule has 1 aromatic heterocycles. The van der Waals surface area contributed by atoms with Gasteiger partial charge in [-0.2, -0.15) is 0 Å². The Balaban J connectivity index is -0.000000117. The van der Waals surface area contributed by atoms with E-state index in [0.29, 0.717) is 5.92 Å². The maximum absolute atomic E-state index is 10.9. The van der Waals surface area contributed by atoms with Gasteiger partial charge in [-0.1, -0.05) is 113 Å². The first-order chi connectivity index (χ1) is 14.7. The van der Waals surface area contributed by atoms with Crippen LogP contribution in [-0.2, 0) is 38.9 Å². The number of rotatable bonds is 3. The average molecular weight is 645 g/mol. The molecule has 0 atom stereocenters. The zero-order valence-corrected chi connectivity index (χ0v) is 28.0. The molecule has 5 rings (SSSR count). The van der Waals surface area contributed by atoms with Crippen molar-refractivity contribution >= 4 is 40.1 Å². The quantitative estimate of drug-likeness (QED) is 0.186. The molecule has 216 valence electrons. The molecule has 0 N–H and O–H groups in total. The summed E-state index contributed by atoms with van der Waals surface area (Å²) in [6.45, 7) is 0. The van der Waals surface area contributed by atoms with Gasteiger partial charge in [-0.3, -0.25) is 9.59 Å². The van der Waals surface area contributed by atoms with Crippen LogP contribution >= 0.6 is 34.3 Å². The van der Waals surface area contributed by atoms with Gasteiger partial charge in [0.05, 0.1) is 5.88 Å². The summed E-state index contributed by atoms with van der Waals surface area (Å²) in [6, 6.07) is 0. The van der Waals surface area contributed by atoms with Crippen molar-refractivity contribution in [3.63, 3.8) is 0 Å². The van der Waals surface area contributed by atoms with Crippen LogP contribution in [-0.4, -0.2) is 11.7 Å². The van der Waals surface area contributed by atoms with E-state index < -0.39 is 0 Å². The summed E-state index contributed by atoms with van der Waals surface area (Å²) in [4.78, 5) is 23.1. The zero-order chi connectivity index (χ0) is 21.4. The molecule has 0 aromatic carbocycles. The molecule has 4 fully saturated rings.